The van der Waals surface area contributed by atoms with Crippen molar-refractivity contribution >= 4 is 0 Å². The number of aryl methyl sites for hydroxylation is 2. The second kappa shape index (κ2) is 4.30. The molecule has 0 N–H and O–H groups in total. The summed E-state index contributed by atoms with van der Waals surface area (Å²) < 4.78 is 15.3. The molecular weight excluding hydrogens is 251 g/mol. The van der Waals surface area contributed by atoms with Crippen LogP contribution in [0.15, 0.2) is 54.6 Å². The summed E-state index contributed by atoms with van der Waals surface area (Å²) in [6.07, 6.45) is 1.77. The Morgan fingerprint density at radius 1 is 0.950 bits per heavy atom. The van der Waals surface area contributed by atoms with Gasteiger partial charge in [-0.25, -0.2) is 9.07 Å². The molecular formula is C17H13FN2. The van der Waals surface area contributed by atoms with Crippen molar-refractivity contribution in [3.8, 4) is 16.9 Å². The standard InChI is InChI=1S/C17H13FN2/c18-14-7-9-17-13(10-14)6-8-15-11-16(19-20(15)17)12-4-2-1-3-5-12/h1-5,7,9-11H,6,8H2. The molecule has 2 nitrogen and oxygen atoms in total. The van der Waals surface area contributed by atoms with E-state index in [0.29, 0.717) is 0 Å². The van der Waals surface area contributed by atoms with Crippen molar-refractivity contribution < 1.29 is 4.39 Å². The second-order valence-corrected chi connectivity index (χ2v) is 5.07. The van der Waals surface area contributed by atoms with Crippen LogP contribution in [0.5, 0.6) is 0 Å². The smallest absolute Gasteiger partial charge is 0.123 e. The maximum Gasteiger partial charge on any atom is 0.123 e. The van der Waals surface area contributed by atoms with Gasteiger partial charge in [0.25, 0.3) is 0 Å². The Bertz CT molecular complexity index is 775. The summed E-state index contributed by atoms with van der Waals surface area (Å²) in [5.74, 6) is -0.178. The Morgan fingerprint density at radius 3 is 2.65 bits per heavy atom. The van der Waals surface area contributed by atoms with Gasteiger partial charge in [-0.1, -0.05) is 30.3 Å². The molecule has 0 bridgehead atoms. The van der Waals surface area contributed by atoms with Crippen molar-refractivity contribution in [2.75, 3.05) is 0 Å². The third-order valence-electron chi connectivity index (χ3n) is 3.77. The number of aromatic nitrogens is 2. The lowest BCUT2D eigenvalue weighted by molar-refractivity contribution is 0.620. The fraction of sp³-hybridized carbons (Fsp3) is 0.118. The highest BCUT2D eigenvalue weighted by Gasteiger charge is 2.19. The molecule has 3 aromatic rings. The Hall–Kier alpha value is -2.42. The molecule has 0 fully saturated rings. The van der Waals surface area contributed by atoms with Crippen LogP contribution in [0.2, 0.25) is 0 Å². The molecule has 3 heteroatoms. The van der Waals surface area contributed by atoms with Gasteiger partial charge in [0.05, 0.1) is 11.4 Å². The second-order valence-electron chi connectivity index (χ2n) is 5.07. The van der Waals surface area contributed by atoms with E-state index in [4.69, 9.17) is 0 Å². The molecule has 0 amide bonds. The van der Waals surface area contributed by atoms with E-state index in [1.165, 1.54) is 11.8 Å². The Labute approximate surface area is 116 Å². The Morgan fingerprint density at radius 2 is 1.80 bits per heavy atom. The van der Waals surface area contributed by atoms with Gasteiger partial charge in [-0.15, -0.1) is 0 Å². The van der Waals surface area contributed by atoms with Crippen LogP contribution < -0.4 is 0 Å². The fourth-order valence-corrected chi connectivity index (χ4v) is 2.78. The van der Waals surface area contributed by atoms with Gasteiger partial charge in [0.2, 0.25) is 0 Å². The van der Waals surface area contributed by atoms with Gasteiger partial charge in [0.1, 0.15) is 5.82 Å². The number of fused-ring (bicyclic) bond motifs is 3. The molecule has 0 saturated heterocycles. The molecule has 1 aliphatic heterocycles. The number of halogens is 1. The van der Waals surface area contributed by atoms with Crippen molar-refractivity contribution in [2.24, 2.45) is 0 Å². The van der Waals surface area contributed by atoms with Crippen LogP contribution in [-0.2, 0) is 12.8 Å². The number of benzene rings is 2. The van der Waals surface area contributed by atoms with Crippen molar-refractivity contribution in [1.82, 2.24) is 9.78 Å². The zero-order valence-electron chi connectivity index (χ0n) is 10.9. The topological polar surface area (TPSA) is 17.8 Å². The minimum atomic E-state index is -0.178. The molecule has 0 saturated carbocycles. The van der Waals surface area contributed by atoms with Crippen molar-refractivity contribution in [3.05, 3.63) is 71.7 Å². The van der Waals surface area contributed by atoms with Crippen LogP contribution in [0.1, 0.15) is 11.3 Å². The predicted molar refractivity (Wildman–Crippen MR) is 76.4 cm³/mol. The molecule has 0 radical (unpaired) electrons. The maximum atomic E-state index is 13.3. The molecule has 98 valence electrons. The number of hydrogen-bond donors (Lipinski definition) is 0. The first-order valence-electron chi connectivity index (χ1n) is 6.74. The highest BCUT2D eigenvalue weighted by molar-refractivity contribution is 5.61. The number of rotatable bonds is 1. The van der Waals surface area contributed by atoms with E-state index in [0.717, 1.165) is 35.3 Å². The van der Waals surface area contributed by atoms with Gasteiger partial charge in [0.15, 0.2) is 0 Å². The molecule has 4 rings (SSSR count). The molecule has 0 spiro atoms. The van der Waals surface area contributed by atoms with Gasteiger partial charge in [-0.3, -0.25) is 0 Å². The highest BCUT2D eigenvalue weighted by atomic mass is 19.1. The summed E-state index contributed by atoms with van der Waals surface area (Å²) in [6, 6.07) is 17.2. The average molecular weight is 264 g/mol. The molecule has 0 unspecified atom stereocenters. The van der Waals surface area contributed by atoms with Gasteiger partial charge < -0.3 is 0 Å². The van der Waals surface area contributed by atoms with E-state index in [1.807, 2.05) is 28.9 Å². The molecule has 20 heavy (non-hydrogen) atoms. The first-order valence-corrected chi connectivity index (χ1v) is 6.74. The molecule has 0 aliphatic carbocycles. The Balaban J connectivity index is 1.86. The lowest BCUT2D eigenvalue weighted by atomic mass is 10.0. The van der Waals surface area contributed by atoms with Gasteiger partial charge in [-0.2, -0.15) is 5.10 Å². The van der Waals surface area contributed by atoms with E-state index >= 15 is 0 Å². The number of hydrogen-bond acceptors (Lipinski definition) is 1. The zero-order valence-corrected chi connectivity index (χ0v) is 10.9. The van der Waals surface area contributed by atoms with E-state index in [2.05, 4.69) is 23.3 Å². The summed E-state index contributed by atoms with van der Waals surface area (Å²) >= 11 is 0. The summed E-state index contributed by atoms with van der Waals surface area (Å²) in [5.41, 5.74) is 5.29. The summed E-state index contributed by atoms with van der Waals surface area (Å²) in [6.45, 7) is 0. The third-order valence-corrected chi connectivity index (χ3v) is 3.77. The number of nitrogens with zero attached hydrogens (tertiary/aromatic N) is 2. The van der Waals surface area contributed by atoms with Crippen LogP contribution in [0.25, 0.3) is 16.9 Å². The van der Waals surface area contributed by atoms with Crippen LogP contribution in [0.4, 0.5) is 4.39 Å². The minimum Gasteiger partial charge on any atom is -0.237 e. The van der Waals surface area contributed by atoms with E-state index < -0.39 is 0 Å². The van der Waals surface area contributed by atoms with Crippen molar-refractivity contribution in [3.63, 3.8) is 0 Å². The van der Waals surface area contributed by atoms with Crippen molar-refractivity contribution in [1.29, 1.82) is 0 Å². The van der Waals surface area contributed by atoms with Crippen LogP contribution in [0, 0.1) is 5.82 Å². The lowest BCUT2D eigenvalue weighted by Gasteiger charge is -2.17. The molecule has 1 aromatic heterocycles. The third kappa shape index (κ3) is 1.74. The average Bonchev–Trinajstić information content (AvgIpc) is 2.92. The van der Waals surface area contributed by atoms with Crippen molar-refractivity contribution in [2.45, 2.75) is 12.8 Å². The monoisotopic (exact) mass is 264 g/mol. The van der Waals surface area contributed by atoms with Gasteiger partial charge >= 0.3 is 0 Å². The Kier molecular flexibility index (Phi) is 2.46. The van der Waals surface area contributed by atoms with E-state index in [9.17, 15) is 4.39 Å². The predicted octanol–water partition coefficient (Wildman–Crippen LogP) is 3.78. The van der Waals surface area contributed by atoms with Crippen LogP contribution >= 0.6 is 0 Å². The lowest BCUT2D eigenvalue weighted by Crippen LogP contribution is -2.12. The normalized spacial score (nSPS) is 12.8. The molecule has 1 aliphatic rings. The molecule has 2 aromatic carbocycles. The van der Waals surface area contributed by atoms with Gasteiger partial charge in [0, 0.05) is 11.3 Å². The van der Waals surface area contributed by atoms with E-state index in [1.54, 1.807) is 6.07 Å². The molecule has 2 heterocycles. The van der Waals surface area contributed by atoms with E-state index in [-0.39, 0.29) is 5.82 Å². The summed E-state index contributed by atoms with van der Waals surface area (Å²) in [5, 5.41) is 4.69. The first-order chi connectivity index (χ1) is 9.81. The zero-order chi connectivity index (χ0) is 13.5. The largest absolute Gasteiger partial charge is 0.237 e. The first kappa shape index (κ1) is 11.4. The van der Waals surface area contributed by atoms with Crippen LogP contribution in [-0.4, -0.2) is 9.78 Å². The SMILES string of the molecule is Fc1ccc2c(c1)CCc1cc(-c3ccccc3)nn1-2. The fourth-order valence-electron chi connectivity index (χ4n) is 2.78. The summed E-state index contributed by atoms with van der Waals surface area (Å²) in [7, 11) is 0. The maximum absolute atomic E-state index is 13.3. The summed E-state index contributed by atoms with van der Waals surface area (Å²) in [4.78, 5) is 0. The van der Waals surface area contributed by atoms with Gasteiger partial charge in [-0.05, 0) is 42.7 Å². The van der Waals surface area contributed by atoms with Crippen LogP contribution in [0.3, 0.4) is 0 Å². The minimum absolute atomic E-state index is 0.178. The molecule has 0 atom stereocenters. The highest BCUT2D eigenvalue weighted by Crippen LogP contribution is 2.28. The quantitative estimate of drug-likeness (QED) is 0.654.